The summed E-state index contributed by atoms with van der Waals surface area (Å²) in [7, 11) is 0. The van der Waals surface area contributed by atoms with Gasteiger partial charge in [-0.2, -0.15) is 0 Å². The van der Waals surface area contributed by atoms with E-state index in [1.54, 1.807) is 0 Å². The van der Waals surface area contributed by atoms with E-state index in [0.29, 0.717) is 11.6 Å². The molecular formula is C17H36N2. The van der Waals surface area contributed by atoms with Crippen molar-refractivity contribution < 1.29 is 0 Å². The van der Waals surface area contributed by atoms with Gasteiger partial charge in [-0.1, -0.05) is 40.0 Å². The van der Waals surface area contributed by atoms with E-state index in [1.165, 1.54) is 51.6 Å². The van der Waals surface area contributed by atoms with E-state index in [9.17, 15) is 0 Å². The van der Waals surface area contributed by atoms with E-state index in [2.05, 4.69) is 44.8 Å². The minimum atomic E-state index is 0.299. The van der Waals surface area contributed by atoms with Gasteiger partial charge in [0.05, 0.1) is 0 Å². The summed E-state index contributed by atoms with van der Waals surface area (Å²) in [5, 5.41) is 3.75. The Balaban J connectivity index is 2.55. The van der Waals surface area contributed by atoms with E-state index < -0.39 is 0 Å². The number of piperidine rings is 1. The van der Waals surface area contributed by atoms with Crippen LogP contribution in [0.15, 0.2) is 0 Å². The molecular weight excluding hydrogens is 232 g/mol. The lowest BCUT2D eigenvalue weighted by atomic mass is 9.86. The standard InChI is InChI=1S/C17H36N2/c1-6-18-16(12-10-11-15(2)3)17(4,5)19-13-8-7-9-14-19/h15-16,18H,6-14H2,1-5H3. The minimum absolute atomic E-state index is 0.299. The van der Waals surface area contributed by atoms with Gasteiger partial charge < -0.3 is 5.32 Å². The van der Waals surface area contributed by atoms with Crippen molar-refractivity contribution in [1.82, 2.24) is 10.2 Å². The van der Waals surface area contributed by atoms with Gasteiger partial charge in [0.25, 0.3) is 0 Å². The molecule has 1 N–H and O–H groups in total. The average molecular weight is 268 g/mol. The van der Waals surface area contributed by atoms with E-state index in [-0.39, 0.29) is 0 Å². The molecule has 1 aliphatic rings. The second kappa shape index (κ2) is 8.26. The summed E-state index contributed by atoms with van der Waals surface area (Å²) < 4.78 is 0. The van der Waals surface area contributed by atoms with E-state index in [0.717, 1.165) is 12.5 Å². The van der Waals surface area contributed by atoms with Crippen molar-refractivity contribution in [3.05, 3.63) is 0 Å². The first-order chi connectivity index (χ1) is 8.98. The van der Waals surface area contributed by atoms with Gasteiger partial charge in [0.1, 0.15) is 0 Å². The SMILES string of the molecule is CCNC(CCCC(C)C)C(C)(C)N1CCCCC1. The maximum Gasteiger partial charge on any atom is 0.0306 e. The smallest absolute Gasteiger partial charge is 0.0306 e. The van der Waals surface area contributed by atoms with Crippen LogP contribution in [0.1, 0.15) is 73.1 Å². The molecule has 0 spiro atoms. The molecule has 1 heterocycles. The van der Waals surface area contributed by atoms with Crippen LogP contribution in [0.2, 0.25) is 0 Å². The third kappa shape index (κ3) is 5.43. The van der Waals surface area contributed by atoms with Crippen LogP contribution in [0.3, 0.4) is 0 Å². The minimum Gasteiger partial charge on any atom is -0.312 e. The number of likely N-dealkylation sites (tertiary alicyclic amines) is 1. The van der Waals surface area contributed by atoms with Crippen molar-refractivity contribution in [2.45, 2.75) is 84.7 Å². The van der Waals surface area contributed by atoms with Gasteiger partial charge in [-0.15, -0.1) is 0 Å². The number of rotatable bonds is 8. The maximum atomic E-state index is 3.75. The summed E-state index contributed by atoms with van der Waals surface area (Å²) in [4.78, 5) is 2.72. The molecule has 0 amide bonds. The highest BCUT2D eigenvalue weighted by Crippen LogP contribution is 2.27. The largest absolute Gasteiger partial charge is 0.312 e. The van der Waals surface area contributed by atoms with Crippen LogP contribution < -0.4 is 5.32 Å². The van der Waals surface area contributed by atoms with E-state index in [1.807, 2.05) is 0 Å². The number of likely N-dealkylation sites (N-methyl/N-ethyl adjacent to an activating group) is 1. The molecule has 0 radical (unpaired) electrons. The van der Waals surface area contributed by atoms with Gasteiger partial charge in [0.15, 0.2) is 0 Å². The second-order valence-corrected chi connectivity index (χ2v) is 7.14. The van der Waals surface area contributed by atoms with Crippen LogP contribution in [0.5, 0.6) is 0 Å². The van der Waals surface area contributed by atoms with Crippen LogP contribution in [-0.2, 0) is 0 Å². The Morgan fingerprint density at radius 3 is 2.21 bits per heavy atom. The Kier molecular flexibility index (Phi) is 7.38. The van der Waals surface area contributed by atoms with Crippen molar-refractivity contribution in [3.8, 4) is 0 Å². The zero-order valence-electron chi connectivity index (χ0n) is 14.0. The third-order valence-electron chi connectivity index (χ3n) is 4.75. The molecule has 0 aromatic heterocycles. The van der Waals surface area contributed by atoms with Crippen molar-refractivity contribution in [3.63, 3.8) is 0 Å². The van der Waals surface area contributed by atoms with Crippen molar-refractivity contribution in [2.75, 3.05) is 19.6 Å². The summed E-state index contributed by atoms with van der Waals surface area (Å²) in [5.74, 6) is 0.834. The molecule has 2 nitrogen and oxygen atoms in total. The number of nitrogens with zero attached hydrogens (tertiary/aromatic N) is 1. The van der Waals surface area contributed by atoms with Crippen LogP contribution >= 0.6 is 0 Å². The Labute approximate surface area is 121 Å². The Hall–Kier alpha value is -0.0800. The predicted octanol–water partition coefficient (Wildman–Crippen LogP) is 4.06. The number of hydrogen-bond donors (Lipinski definition) is 1. The molecule has 1 aliphatic heterocycles. The zero-order valence-corrected chi connectivity index (χ0v) is 14.0. The Morgan fingerprint density at radius 1 is 1.05 bits per heavy atom. The monoisotopic (exact) mass is 268 g/mol. The first-order valence-corrected chi connectivity index (χ1v) is 8.47. The molecule has 0 saturated carbocycles. The second-order valence-electron chi connectivity index (χ2n) is 7.14. The highest BCUT2D eigenvalue weighted by Gasteiger charge is 2.34. The topological polar surface area (TPSA) is 15.3 Å². The molecule has 0 bridgehead atoms. The molecule has 1 rings (SSSR count). The van der Waals surface area contributed by atoms with Gasteiger partial charge in [0.2, 0.25) is 0 Å². The quantitative estimate of drug-likeness (QED) is 0.714. The summed E-state index contributed by atoms with van der Waals surface area (Å²) in [6, 6.07) is 0.634. The fourth-order valence-corrected chi connectivity index (χ4v) is 3.37. The fourth-order valence-electron chi connectivity index (χ4n) is 3.37. The van der Waals surface area contributed by atoms with Crippen LogP contribution in [0.25, 0.3) is 0 Å². The molecule has 19 heavy (non-hydrogen) atoms. The van der Waals surface area contributed by atoms with Crippen molar-refractivity contribution >= 4 is 0 Å². The maximum absolute atomic E-state index is 3.75. The fraction of sp³-hybridized carbons (Fsp3) is 1.00. The van der Waals surface area contributed by atoms with Crippen molar-refractivity contribution in [2.24, 2.45) is 5.92 Å². The van der Waals surface area contributed by atoms with Crippen molar-refractivity contribution in [1.29, 1.82) is 0 Å². The summed E-state index contributed by atoms with van der Waals surface area (Å²) in [6.45, 7) is 15.5. The zero-order chi connectivity index (χ0) is 14.3. The lowest BCUT2D eigenvalue weighted by Crippen LogP contribution is -2.59. The van der Waals surface area contributed by atoms with Crippen LogP contribution in [-0.4, -0.2) is 36.1 Å². The Bertz CT molecular complexity index is 229. The molecule has 1 unspecified atom stereocenters. The molecule has 0 aromatic carbocycles. The van der Waals surface area contributed by atoms with Gasteiger partial charge >= 0.3 is 0 Å². The molecule has 0 aromatic rings. The first-order valence-electron chi connectivity index (χ1n) is 8.47. The Morgan fingerprint density at radius 2 is 1.68 bits per heavy atom. The third-order valence-corrected chi connectivity index (χ3v) is 4.75. The summed E-state index contributed by atoms with van der Waals surface area (Å²) in [6.07, 6.45) is 8.22. The van der Waals surface area contributed by atoms with E-state index >= 15 is 0 Å². The molecule has 1 atom stereocenters. The normalized spacial score (nSPS) is 19.9. The van der Waals surface area contributed by atoms with Gasteiger partial charge in [-0.3, -0.25) is 4.90 Å². The summed E-state index contributed by atoms with van der Waals surface area (Å²) >= 11 is 0. The number of nitrogens with one attached hydrogen (secondary N) is 1. The van der Waals surface area contributed by atoms with Gasteiger partial charge in [0, 0.05) is 11.6 Å². The molecule has 2 heteroatoms. The average Bonchev–Trinajstić information content (AvgIpc) is 2.38. The highest BCUT2D eigenvalue weighted by atomic mass is 15.2. The van der Waals surface area contributed by atoms with Gasteiger partial charge in [-0.25, -0.2) is 0 Å². The first kappa shape index (κ1) is 17.0. The van der Waals surface area contributed by atoms with E-state index in [4.69, 9.17) is 0 Å². The molecule has 1 saturated heterocycles. The molecule has 1 fully saturated rings. The predicted molar refractivity (Wildman–Crippen MR) is 85.7 cm³/mol. The lowest BCUT2D eigenvalue weighted by Gasteiger charge is -2.46. The highest BCUT2D eigenvalue weighted by molar-refractivity contribution is 4.94. The number of hydrogen-bond acceptors (Lipinski definition) is 2. The van der Waals surface area contributed by atoms with Crippen LogP contribution in [0.4, 0.5) is 0 Å². The lowest BCUT2D eigenvalue weighted by molar-refractivity contribution is 0.0576. The van der Waals surface area contributed by atoms with Crippen LogP contribution in [0, 0.1) is 5.92 Å². The van der Waals surface area contributed by atoms with Gasteiger partial charge in [-0.05, 0) is 58.7 Å². The summed E-state index contributed by atoms with van der Waals surface area (Å²) in [5.41, 5.74) is 0.299. The molecule has 0 aliphatic carbocycles. The molecule has 114 valence electrons.